The third-order valence-electron chi connectivity index (χ3n) is 5.15. The maximum atomic E-state index is 5.69. The number of fused-ring (bicyclic) bond motifs is 2. The van der Waals surface area contributed by atoms with Gasteiger partial charge in [-0.1, -0.05) is 6.07 Å². The van der Waals surface area contributed by atoms with Crippen molar-refractivity contribution in [3.05, 3.63) is 35.9 Å². The van der Waals surface area contributed by atoms with Gasteiger partial charge < -0.3 is 20.1 Å². The molecule has 2 aromatic carbocycles. The quantitative estimate of drug-likeness (QED) is 0.913. The summed E-state index contributed by atoms with van der Waals surface area (Å²) in [7, 11) is 3.45. The fraction of sp³-hybridized carbons (Fsp3) is 0.444. The van der Waals surface area contributed by atoms with Crippen molar-refractivity contribution in [1.82, 2.24) is 10.6 Å². The Hall–Kier alpha value is -1.78. The molecule has 3 atom stereocenters. The zero-order valence-corrected chi connectivity index (χ0v) is 13.1. The van der Waals surface area contributed by atoms with Gasteiger partial charge in [0.15, 0.2) is 0 Å². The molecule has 0 saturated carbocycles. The lowest BCUT2D eigenvalue weighted by Gasteiger charge is -2.21. The van der Waals surface area contributed by atoms with E-state index < -0.39 is 0 Å². The Morgan fingerprint density at radius 3 is 2.68 bits per heavy atom. The summed E-state index contributed by atoms with van der Waals surface area (Å²) in [5, 5.41) is 9.59. The van der Waals surface area contributed by atoms with E-state index in [9.17, 15) is 0 Å². The van der Waals surface area contributed by atoms with Gasteiger partial charge in [0.05, 0.1) is 14.2 Å². The van der Waals surface area contributed by atoms with E-state index in [-0.39, 0.29) is 0 Å². The molecule has 2 aliphatic heterocycles. The van der Waals surface area contributed by atoms with E-state index >= 15 is 0 Å². The Bertz CT molecular complexity index is 701. The van der Waals surface area contributed by atoms with Crippen molar-refractivity contribution in [2.45, 2.75) is 6.04 Å². The zero-order valence-electron chi connectivity index (χ0n) is 13.1. The average Bonchev–Trinajstić information content (AvgIpc) is 3.16. The standard InChI is InChI=1S/C18H22N2O2/c1-21-14-4-3-11-6-15(17(22-2)7-12(11)5-14)18-16-10-19-8-13(16)9-20-18/h3-7,13,16,18-20H,8-10H2,1-2H3. The van der Waals surface area contributed by atoms with Gasteiger partial charge in [0.2, 0.25) is 0 Å². The lowest BCUT2D eigenvalue weighted by atomic mass is 9.88. The number of hydrogen-bond acceptors (Lipinski definition) is 4. The predicted octanol–water partition coefficient (Wildman–Crippen LogP) is 2.34. The van der Waals surface area contributed by atoms with Crippen molar-refractivity contribution < 1.29 is 9.47 Å². The summed E-state index contributed by atoms with van der Waals surface area (Å²) in [6.45, 7) is 3.31. The minimum absolute atomic E-state index is 0.376. The fourth-order valence-corrected chi connectivity index (χ4v) is 3.96. The second-order valence-corrected chi connectivity index (χ2v) is 6.28. The molecule has 4 nitrogen and oxygen atoms in total. The lowest BCUT2D eigenvalue weighted by Crippen LogP contribution is -2.24. The summed E-state index contributed by atoms with van der Waals surface area (Å²) >= 11 is 0. The van der Waals surface area contributed by atoms with Crippen molar-refractivity contribution in [2.24, 2.45) is 11.8 Å². The van der Waals surface area contributed by atoms with E-state index in [0.717, 1.165) is 42.4 Å². The van der Waals surface area contributed by atoms with Crippen molar-refractivity contribution in [3.63, 3.8) is 0 Å². The maximum Gasteiger partial charge on any atom is 0.124 e. The van der Waals surface area contributed by atoms with E-state index in [0.29, 0.717) is 12.0 Å². The first-order chi connectivity index (χ1) is 10.8. The molecule has 2 N–H and O–H groups in total. The number of methoxy groups -OCH3 is 2. The van der Waals surface area contributed by atoms with Crippen molar-refractivity contribution >= 4 is 10.8 Å². The van der Waals surface area contributed by atoms with E-state index in [1.807, 2.05) is 6.07 Å². The summed E-state index contributed by atoms with van der Waals surface area (Å²) in [4.78, 5) is 0. The summed E-state index contributed by atoms with van der Waals surface area (Å²) in [5.41, 5.74) is 1.27. The van der Waals surface area contributed by atoms with Crippen molar-refractivity contribution in [3.8, 4) is 11.5 Å². The van der Waals surface area contributed by atoms with Gasteiger partial charge in [-0.3, -0.25) is 0 Å². The number of hydrogen-bond donors (Lipinski definition) is 2. The molecule has 116 valence electrons. The van der Waals surface area contributed by atoms with Crippen LogP contribution in [0.15, 0.2) is 30.3 Å². The van der Waals surface area contributed by atoms with E-state index in [2.05, 4.69) is 34.9 Å². The number of rotatable bonds is 3. The van der Waals surface area contributed by atoms with Gasteiger partial charge in [0.1, 0.15) is 11.5 Å². The molecule has 0 radical (unpaired) electrons. The molecule has 2 aliphatic rings. The van der Waals surface area contributed by atoms with Crippen LogP contribution in [0.1, 0.15) is 11.6 Å². The lowest BCUT2D eigenvalue weighted by molar-refractivity contribution is 0.387. The summed E-state index contributed by atoms with van der Waals surface area (Å²) in [6.07, 6.45) is 0. The number of ether oxygens (including phenoxy) is 2. The molecule has 2 aromatic rings. The normalized spacial score (nSPS) is 27.1. The molecule has 4 heteroatoms. The highest BCUT2D eigenvalue weighted by Crippen LogP contribution is 2.41. The second-order valence-electron chi connectivity index (χ2n) is 6.28. The van der Waals surface area contributed by atoms with Gasteiger partial charge in [0, 0.05) is 24.7 Å². The third kappa shape index (κ3) is 2.14. The molecule has 2 heterocycles. The topological polar surface area (TPSA) is 42.5 Å². The van der Waals surface area contributed by atoms with Gasteiger partial charge in [-0.25, -0.2) is 0 Å². The smallest absolute Gasteiger partial charge is 0.124 e. The Kier molecular flexibility index (Phi) is 3.43. The Morgan fingerprint density at radius 2 is 1.86 bits per heavy atom. The highest BCUT2D eigenvalue weighted by atomic mass is 16.5. The predicted molar refractivity (Wildman–Crippen MR) is 87.6 cm³/mol. The summed E-state index contributed by atoms with van der Waals surface area (Å²) < 4.78 is 11.0. The molecule has 0 aromatic heterocycles. The first-order valence-electron chi connectivity index (χ1n) is 7.90. The molecule has 0 spiro atoms. The molecule has 4 rings (SSSR count). The van der Waals surface area contributed by atoms with Crippen LogP contribution in [-0.4, -0.2) is 33.9 Å². The summed E-state index contributed by atoms with van der Waals surface area (Å²) in [5.74, 6) is 3.23. The van der Waals surface area contributed by atoms with E-state index in [1.165, 1.54) is 10.9 Å². The van der Waals surface area contributed by atoms with Crippen LogP contribution in [0.3, 0.4) is 0 Å². The van der Waals surface area contributed by atoms with Crippen LogP contribution in [0.5, 0.6) is 11.5 Å². The van der Waals surface area contributed by atoms with E-state index in [4.69, 9.17) is 9.47 Å². The van der Waals surface area contributed by atoms with Crippen molar-refractivity contribution in [1.29, 1.82) is 0 Å². The van der Waals surface area contributed by atoms with Crippen LogP contribution in [0.25, 0.3) is 10.8 Å². The van der Waals surface area contributed by atoms with E-state index in [1.54, 1.807) is 14.2 Å². The van der Waals surface area contributed by atoms with Gasteiger partial charge >= 0.3 is 0 Å². The minimum Gasteiger partial charge on any atom is -0.497 e. The average molecular weight is 298 g/mol. The zero-order chi connectivity index (χ0) is 15.1. The van der Waals surface area contributed by atoms with Crippen LogP contribution in [0.2, 0.25) is 0 Å². The highest BCUT2D eigenvalue weighted by Gasteiger charge is 2.40. The van der Waals surface area contributed by atoms with Crippen LogP contribution >= 0.6 is 0 Å². The second kappa shape index (κ2) is 5.45. The Morgan fingerprint density at radius 1 is 0.955 bits per heavy atom. The largest absolute Gasteiger partial charge is 0.497 e. The molecule has 0 aliphatic carbocycles. The molecule has 2 fully saturated rings. The molecule has 0 bridgehead atoms. The fourth-order valence-electron chi connectivity index (χ4n) is 3.96. The Labute approximate surface area is 130 Å². The third-order valence-corrected chi connectivity index (χ3v) is 5.15. The first kappa shape index (κ1) is 13.9. The van der Waals surface area contributed by atoms with Gasteiger partial charge in [-0.05, 0) is 53.4 Å². The number of nitrogens with one attached hydrogen (secondary N) is 2. The van der Waals surface area contributed by atoms with Crippen molar-refractivity contribution in [2.75, 3.05) is 33.9 Å². The maximum absolute atomic E-state index is 5.69. The summed E-state index contributed by atoms with van der Waals surface area (Å²) in [6, 6.07) is 11.0. The minimum atomic E-state index is 0.376. The van der Waals surface area contributed by atoms with Gasteiger partial charge in [0.25, 0.3) is 0 Å². The van der Waals surface area contributed by atoms with Crippen LogP contribution in [-0.2, 0) is 0 Å². The first-order valence-corrected chi connectivity index (χ1v) is 7.90. The molecular weight excluding hydrogens is 276 g/mol. The number of benzene rings is 2. The van der Waals surface area contributed by atoms with Crippen LogP contribution < -0.4 is 20.1 Å². The Balaban J connectivity index is 1.79. The molecular formula is C18H22N2O2. The monoisotopic (exact) mass is 298 g/mol. The SMILES string of the molecule is COc1ccc2cc(C3NCC4CNCC43)c(OC)cc2c1. The molecule has 2 saturated heterocycles. The molecule has 22 heavy (non-hydrogen) atoms. The molecule has 0 amide bonds. The van der Waals surface area contributed by atoms with Gasteiger partial charge in [-0.2, -0.15) is 0 Å². The van der Waals surface area contributed by atoms with Crippen LogP contribution in [0, 0.1) is 11.8 Å². The molecule has 3 unspecified atom stereocenters. The highest BCUT2D eigenvalue weighted by molar-refractivity contribution is 5.86. The van der Waals surface area contributed by atoms with Crippen LogP contribution in [0.4, 0.5) is 0 Å². The van der Waals surface area contributed by atoms with Gasteiger partial charge in [-0.15, -0.1) is 0 Å².